The molecule has 0 heterocycles. The molecule has 0 saturated heterocycles. The van der Waals surface area contributed by atoms with Crippen molar-refractivity contribution in [1.29, 1.82) is 0 Å². The highest BCUT2D eigenvalue weighted by molar-refractivity contribution is 5.72. The maximum Gasteiger partial charge on any atom is 0.312 e. The number of esters is 1. The second kappa shape index (κ2) is 6.78. The summed E-state index contributed by atoms with van der Waals surface area (Å²) in [6, 6.07) is 6.51. The number of hydrogen-bond acceptors (Lipinski definition) is 4. The first-order chi connectivity index (χ1) is 8.17. The third-order valence-electron chi connectivity index (χ3n) is 2.44. The van der Waals surface area contributed by atoms with Crippen molar-refractivity contribution < 1.29 is 19.4 Å². The number of phenolic OH excluding ortho intramolecular Hbond substituents is 1. The van der Waals surface area contributed by atoms with Crippen molar-refractivity contribution >= 4 is 5.97 Å². The Bertz CT molecular complexity index is 362. The van der Waals surface area contributed by atoms with E-state index in [4.69, 9.17) is 9.47 Å². The molecule has 1 aromatic rings. The fraction of sp³-hybridized carbons (Fsp3) is 0.462. The molecule has 0 saturated carbocycles. The van der Waals surface area contributed by atoms with Gasteiger partial charge >= 0.3 is 5.97 Å². The van der Waals surface area contributed by atoms with Gasteiger partial charge in [-0.2, -0.15) is 0 Å². The topological polar surface area (TPSA) is 55.8 Å². The standard InChI is InChI=1S/C13H18O4/c1-3-5-10(13(15)16-2)9-17-12-7-4-6-11(14)8-12/h4,6-8,10,14H,3,5,9H2,1-2H3. The monoisotopic (exact) mass is 238 g/mol. The molecule has 0 radical (unpaired) electrons. The molecular weight excluding hydrogens is 220 g/mol. The van der Waals surface area contributed by atoms with Gasteiger partial charge in [0, 0.05) is 6.07 Å². The van der Waals surface area contributed by atoms with Crippen molar-refractivity contribution in [2.24, 2.45) is 5.92 Å². The summed E-state index contributed by atoms with van der Waals surface area (Å²) in [5.74, 6) is 0.182. The van der Waals surface area contributed by atoms with Gasteiger partial charge in [0.1, 0.15) is 18.1 Å². The summed E-state index contributed by atoms with van der Waals surface area (Å²) < 4.78 is 10.2. The van der Waals surface area contributed by atoms with Crippen LogP contribution in [0.1, 0.15) is 19.8 Å². The Labute approximate surface area is 101 Å². The number of methoxy groups -OCH3 is 1. The normalized spacial score (nSPS) is 11.9. The summed E-state index contributed by atoms with van der Waals surface area (Å²) in [6.45, 7) is 2.27. The van der Waals surface area contributed by atoms with Gasteiger partial charge in [0.15, 0.2) is 0 Å². The SMILES string of the molecule is CCCC(COc1cccc(O)c1)C(=O)OC. The first-order valence-electron chi connectivity index (χ1n) is 5.67. The summed E-state index contributed by atoms with van der Waals surface area (Å²) in [4.78, 5) is 11.4. The van der Waals surface area contributed by atoms with Crippen LogP contribution in [0.15, 0.2) is 24.3 Å². The lowest BCUT2D eigenvalue weighted by molar-refractivity contribution is -0.146. The van der Waals surface area contributed by atoms with Crippen molar-refractivity contribution in [3.05, 3.63) is 24.3 Å². The maximum atomic E-state index is 11.4. The summed E-state index contributed by atoms with van der Waals surface area (Å²) in [7, 11) is 1.37. The number of rotatable bonds is 6. The van der Waals surface area contributed by atoms with Crippen LogP contribution in [0.2, 0.25) is 0 Å². The van der Waals surface area contributed by atoms with Crippen LogP contribution in [0.5, 0.6) is 11.5 Å². The molecule has 0 aromatic heterocycles. The Balaban J connectivity index is 2.54. The average Bonchev–Trinajstić information content (AvgIpc) is 2.33. The molecule has 0 fully saturated rings. The van der Waals surface area contributed by atoms with E-state index in [0.29, 0.717) is 5.75 Å². The van der Waals surface area contributed by atoms with E-state index in [9.17, 15) is 9.90 Å². The molecule has 17 heavy (non-hydrogen) atoms. The fourth-order valence-electron chi connectivity index (χ4n) is 1.55. The Morgan fingerprint density at radius 2 is 2.24 bits per heavy atom. The van der Waals surface area contributed by atoms with Crippen LogP contribution in [0.4, 0.5) is 0 Å². The number of benzene rings is 1. The predicted molar refractivity (Wildman–Crippen MR) is 64.0 cm³/mol. The van der Waals surface area contributed by atoms with E-state index >= 15 is 0 Å². The van der Waals surface area contributed by atoms with E-state index in [2.05, 4.69) is 0 Å². The molecule has 0 aliphatic carbocycles. The zero-order valence-corrected chi connectivity index (χ0v) is 10.2. The molecule has 0 spiro atoms. The Morgan fingerprint density at radius 3 is 2.82 bits per heavy atom. The van der Waals surface area contributed by atoms with Gasteiger partial charge in [0.25, 0.3) is 0 Å². The Morgan fingerprint density at radius 1 is 1.47 bits per heavy atom. The number of hydrogen-bond donors (Lipinski definition) is 1. The van der Waals surface area contributed by atoms with Gasteiger partial charge in [-0.25, -0.2) is 0 Å². The van der Waals surface area contributed by atoms with Gasteiger partial charge in [0.05, 0.1) is 13.0 Å². The molecule has 0 bridgehead atoms. The molecule has 1 N–H and O–H groups in total. The van der Waals surface area contributed by atoms with Gasteiger partial charge < -0.3 is 14.6 Å². The minimum Gasteiger partial charge on any atom is -0.508 e. The summed E-state index contributed by atoms with van der Waals surface area (Å²) >= 11 is 0. The van der Waals surface area contributed by atoms with Gasteiger partial charge in [-0.05, 0) is 18.6 Å². The summed E-state index contributed by atoms with van der Waals surface area (Å²) in [6.07, 6.45) is 1.62. The smallest absolute Gasteiger partial charge is 0.312 e. The van der Waals surface area contributed by atoms with Crippen LogP contribution in [0.25, 0.3) is 0 Å². The van der Waals surface area contributed by atoms with Gasteiger partial charge in [-0.3, -0.25) is 4.79 Å². The molecule has 0 aliphatic rings. The van der Waals surface area contributed by atoms with Crippen LogP contribution in [0.3, 0.4) is 0 Å². The maximum absolute atomic E-state index is 11.4. The summed E-state index contributed by atoms with van der Waals surface area (Å²) in [5.41, 5.74) is 0. The molecule has 0 aliphatic heterocycles. The lowest BCUT2D eigenvalue weighted by atomic mass is 10.1. The molecule has 4 heteroatoms. The number of carbonyl (C=O) groups excluding carboxylic acids is 1. The van der Waals surface area contributed by atoms with Gasteiger partial charge in [-0.1, -0.05) is 19.4 Å². The van der Waals surface area contributed by atoms with E-state index in [-0.39, 0.29) is 24.2 Å². The predicted octanol–water partition coefficient (Wildman–Crippen LogP) is 2.36. The van der Waals surface area contributed by atoms with Crippen LogP contribution < -0.4 is 4.74 Å². The lowest BCUT2D eigenvalue weighted by Gasteiger charge is -2.14. The molecule has 1 rings (SSSR count). The average molecular weight is 238 g/mol. The largest absolute Gasteiger partial charge is 0.508 e. The minimum atomic E-state index is -0.257. The van der Waals surface area contributed by atoms with Crippen molar-refractivity contribution in [2.45, 2.75) is 19.8 Å². The van der Waals surface area contributed by atoms with Crippen LogP contribution in [-0.2, 0) is 9.53 Å². The zero-order valence-electron chi connectivity index (χ0n) is 10.2. The molecule has 1 aromatic carbocycles. The quantitative estimate of drug-likeness (QED) is 0.773. The third kappa shape index (κ3) is 4.34. The Kier molecular flexibility index (Phi) is 5.33. The van der Waals surface area contributed by atoms with Crippen LogP contribution >= 0.6 is 0 Å². The second-order valence-electron chi connectivity index (χ2n) is 3.82. The van der Waals surface area contributed by atoms with Crippen molar-refractivity contribution in [3.8, 4) is 11.5 Å². The number of aromatic hydroxyl groups is 1. The first kappa shape index (κ1) is 13.4. The molecule has 4 nitrogen and oxygen atoms in total. The van der Waals surface area contributed by atoms with Gasteiger partial charge in [0.2, 0.25) is 0 Å². The zero-order chi connectivity index (χ0) is 12.7. The van der Waals surface area contributed by atoms with E-state index in [1.54, 1.807) is 18.2 Å². The highest BCUT2D eigenvalue weighted by Crippen LogP contribution is 2.19. The summed E-state index contributed by atoms with van der Waals surface area (Å²) in [5, 5.41) is 9.27. The second-order valence-corrected chi connectivity index (χ2v) is 3.82. The number of phenols is 1. The fourth-order valence-corrected chi connectivity index (χ4v) is 1.55. The minimum absolute atomic E-state index is 0.146. The molecule has 94 valence electrons. The van der Waals surface area contributed by atoms with Crippen LogP contribution in [0, 0.1) is 5.92 Å². The highest BCUT2D eigenvalue weighted by Gasteiger charge is 2.18. The van der Waals surface area contributed by atoms with Crippen molar-refractivity contribution in [1.82, 2.24) is 0 Å². The molecule has 1 unspecified atom stereocenters. The van der Waals surface area contributed by atoms with Crippen LogP contribution in [-0.4, -0.2) is 24.8 Å². The number of carbonyl (C=O) groups is 1. The van der Waals surface area contributed by atoms with Gasteiger partial charge in [-0.15, -0.1) is 0 Å². The van der Waals surface area contributed by atoms with E-state index in [1.807, 2.05) is 6.92 Å². The first-order valence-corrected chi connectivity index (χ1v) is 5.67. The molecule has 0 amide bonds. The van der Waals surface area contributed by atoms with Crippen molar-refractivity contribution in [3.63, 3.8) is 0 Å². The van der Waals surface area contributed by atoms with Crippen molar-refractivity contribution in [2.75, 3.05) is 13.7 Å². The van der Waals surface area contributed by atoms with E-state index in [1.165, 1.54) is 13.2 Å². The Hall–Kier alpha value is -1.71. The molecular formula is C13H18O4. The highest BCUT2D eigenvalue weighted by atomic mass is 16.5. The van der Waals surface area contributed by atoms with E-state index < -0.39 is 0 Å². The third-order valence-corrected chi connectivity index (χ3v) is 2.44. The molecule has 1 atom stereocenters. The number of ether oxygens (including phenoxy) is 2. The van der Waals surface area contributed by atoms with E-state index in [0.717, 1.165) is 12.8 Å². The lowest BCUT2D eigenvalue weighted by Crippen LogP contribution is -2.23.